The summed E-state index contributed by atoms with van der Waals surface area (Å²) in [5, 5.41) is 0. The second-order valence-corrected chi connectivity index (χ2v) is 3.23. The Labute approximate surface area is 63.2 Å². The minimum absolute atomic E-state index is 0.806. The molecule has 0 saturated carbocycles. The summed E-state index contributed by atoms with van der Waals surface area (Å²) in [5.74, 6) is -1.01. The van der Waals surface area contributed by atoms with Crippen LogP contribution in [0.15, 0.2) is 29.2 Å². The van der Waals surface area contributed by atoms with Crippen molar-refractivity contribution in [1.82, 2.24) is 0 Å². The molecule has 0 radical (unpaired) electrons. The number of hydrogen-bond acceptors (Lipinski definition) is 3. The second-order valence-electron chi connectivity index (χ2n) is 1.88. The normalized spacial score (nSPS) is 11.5. The first-order valence-corrected chi connectivity index (χ1v) is 4.13. The van der Waals surface area contributed by atoms with E-state index in [1.807, 2.05) is 0 Å². The van der Waals surface area contributed by atoms with Crippen LogP contribution in [0.5, 0.6) is 0 Å². The van der Waals surface area contributed by atoms with Gasteiger partial charge in [0, 0.05) is 0 Å². The fourth-order valence-electron chi connectivity index (χ4n) is 0.647. The summed E-state index contributed by atoms with van der Waals surface area (Å²) in [6.07, 6.45) is 0. The van der Waals surface area contributed by atoms with Crippen LogP contribution in [0.1, 0.15) is 0 Å². The molecule has 0 unspecified atom stereocenters. The first-order chi connectivity index (χ1) is 5.02. The van der Waals surface area contributed by atoms with Gasteiger partial charge < -0.3 is 4.55 Å². The molecule has 0 atom stereocenters. The highest BCUT2D eigenvalue weighted by molar-refractivity contribution is 7.85. The Morgan fingerprint density at radius 2 is 1.82 bits per heavy atom. The standard InChI is InChI=1S/C6H5FO3S/c7-5-3-1-2-4-6(5)11(8,9)10/h1-4H,(H,8,9,10)/p-1. The van der Waals surface area contributed by atoms with E-state index in [-0.39, 0.29) is 0 Å². The van der Waals surface area contributed by atoms with Gasteiger partial charge in [-0.3, -0.25) is 0 Å². The lowest BCUT2D eigenvalue weighted by Crippen LogP contribution is -2.00. The molecule has 0 bridgehead atoms. The minimum Gasteiger partial charge on any atom is -0.744 e. The fourth-order valence-corrected chi connectivity index (χ4v) is 1.20. The Bertz CT molecular complexity index is 358. The predicted molar refractivity (Wildman–Crippen MR) is 34.4 cm³/mol. The Balaban J connectivity index is 3.37. The maximum absolute atomic E-state index is 12.5. The smallest absolute Gasteiger partial charge is 0.140 e. The van der Waals surface area contributed by atoms with E-state index in [2.05, 4.69) is 0 Å². The molecule has 5 heteroatoms. The molecule has 3 nitrogen and oxygen atoms in total. The van der Waals surface area contributed by atoms with Gasteiger partial charge in [0.05, 0.1) is 4.90 Å². The molecule has 0 aliphatic carbocycles. The molecule has 60 valence electrons. The summed E-state index contributed by atoms with van der Waals surface area (Å²) in [6, 6.07) is 4.44. The first kappa shape index (κ1) is 8.16. The average molecular weight is 175 g/mol. The second kappa shape index (κ2) is 2.60. The Morgan fingerprint density at radius 1 is 1.27 bits per heavy atom. The summed E-state index contributed by atoms with van der Waals surface area (Å²) in [4.78, 5) is -0.806. The van der Waals surface area contributed by atoms with Gasteiger partial charge in [0.2, 0.25) is 0 Å². The molecule has 0 spiro atoms. The molecule has 1 aromatic rings. The zero-order valence-electron chi connectivity index (χ0n) is 5.32. The van der Waals surface area contributed by atoms with E-state index < -0.39 is 20.8 Å². The van der Waals surface area contributed by atoms with Crippen LogP contribution < -0.4 is 0 Å². The molecule has 1 rings (SSSR count). The topological polar surface area (TPSA) is 57.2 Å². The summed E-state index contributed by atoms with van der Waals surface area (Å²) in [6.45, 7) is 0. The summed E-state index contributed by atoms with van der Waals surface area (Å²) in [5.41, 5.74) is 0. The van der Waals surface area contributed by atoms with E-state index >= 15 is 0 Å². The maximum Gasteiger partial charge on any atom is 0.140 e. The molecule has 0 amide bonds. The van der Waals surface area contributed by atoms with Gasteiger partial charge in [0.15, 0.2) is 0 Å². The van der Waals surface area contributed by atoms with Gasteiger partial charge in [-0.1, -0.05) is 12.1 Å². The first-order valence-electron chi connectivity index (χ1n) is 2.72. The van der Waals surface area contributed by atoms with Gasteiger partial charge in [-0.2, -0.15) is 0 Å². The Hall–Kier alpha value is -0.940. The molecule has 0 aromatic heterocycles. The summed E-state index contributed by atoms with van der Waals surface area (Å²) < 4.78 is 43.3. The van der Waals surface area contributed by atoms with E-state index in [0.29, 0.717) is 0 Å². The Kier molecular flexibility index (Phi) is 1.92. The molecule has 0 heterocycles. The molecular formula is C6H4FO3S-. The van der Waals surface area contributed by atoms with Crippen molar-refractivity contribution < 1.29 is 17.4 Å². The molecule has 0 saturated heterocycles. The maximum atomic E-state index is 12.5. The monoisotopic (exact) mass is 175 g/mol. The van der Waals surface area contributed by atoms with Crippen LogP contribution in [0.2, 0.25) is 0 Å². The lowest BCUT2D eigenvalue weighted by atomic mass is 10.4. The third kappa shape index (κ3) is 1.75. The van der Waals surface area contributed by atoms with Crippen molar-refractivity contribution in [2.45, 2.75) is 4.90 Å². The average Bonchev–Trinajstić information content (AvgIpc) is 1.86. The van der Waals surface area contributed by atoms with Crippen molar-refractivity contribution in [3.8, 4) is 0 Å². The molecule has 0 N–H and O–H groups in total. The molecular weight excluding hydrogens is 171 g/mol. The predicted octanol–water partition coefficient (Wildman–Crippen LogP) is 0.730. The van der Waals surface area contributed by atoms with E-state index in [1.165, 1.54) is 12.1 Å². The van der Waals surface area contributed by atoms with Gasteiger partial charge in [0.25, 0.3) is 0 Å². The van der Waals surface area contributed by atoms with Crippen molar-refractivity contribution >= 4 is 10.1 Å². The zero-order valence-corrected chi connectivity index (χ0v) is 6.14. The SMILES string of the molecule is O=S(=O)([O-])c1ccccc1F. The van der Waals surface area contributed by atoms with Crippen LogP contribution in [-0.4, -0.2) is 13.0 Å². The van der Waals surface area contributed by atoms with Gasteiger partial charge >= 0.3 is 0 Å². The quantitative estimate of drug-likeness (QED) is 0.591. The highest BCUT2D eigenvalue weighted by Crippen LogP contribution is 2.11. The van der Waals surface area contributed by atoms with E-state index in [9.17, 15) is 17.4 Å². The van der Waals surface area contributed by atoms with Gasteiger partial charge in [0.1, 0.15) is 15.9 Å². The molecule has 0 fully saturated rings. The summed E-state index contributed by atoms with van der Waals surface area (Å²) >= 11 is 0. The van der Waals surface area contributed by atoms with Gasteiger partial charge in [-0.15, -0.1) is 0 Å². The van der Waals surface area contributed by atoms with Crippen molar-refractivity contribution in [2.75, 3.05) is 0 Å². The molecule has 0 aliphatic rings. The molecule has 1 aromatic carbocycles. The van der Waals surface area contributed by atoms with Crippen LogP contribution >= 0.6 is 0 Å². The van der Waals surface area contributed by atoms with E-state index in [4.69, 9.17) is 0 Å². The van der Waals surface area contributed by atoms with Crippen LogP contribution in [0.4, 0.5) is 4.39 Å². The lowest BCUT2D eigenvalue weighted by molar-refractivity contribution is 0.455. The van der Waals surface area contributed by atoms with E-state index in [0.717, 1.165) is 12.1 Å². The number of rotatable bonds is 1. The van der Waals surface area contributed by atoms with Crippen molar-refractivity contribution in [1.29, 1.82) is 0 Å². The summed E-state index contributed by atoms with van der Waals surface area (Å²) in [7, 11) is -4.66. The van der Waals surface area contributed by atoms with Crippen molar-refractivity contribution in [3.63, 3.8) is 0 Å². The lowest BCUT2D eigenvalue weighted by Gasteiger charge is -2.06. The van der Waals surface area contributed by atoms with E-state index in [1.54, 1.807) is 0 Å². The molecule has 11 heavy (non-hydrogen) atoms. The molecule has 0 aliphatic heterocycles. The van der Waals surface area contributed by atoms with Gasteiger partial charge in [-0.05, 0) is 12.1 Å². The van der Waals surface area contributed by atoms with Crippen LogP contribution in [-0.2, 0) is 10.1 Å². The number of halogens is 1. The fraction of sp³-hybridized carbons (Fsp3) is 0. The third-order valence-electron chi connectivity index (χ3n) is 1.11. The minimum atomic E-state index is -4.66. The highest BCUT2D eigenvalue weighted by atomic mass is 32.2. The number of benzene rings is 1. The van der Waals surface area contributed by atoms with Crippen LogP contribution in [0.25, 0.3) is 0 Å². The largest absolute Gasteiger partial charge is 0.744 e. The van der Waals surface area contributed by atoms with Crippen LogP contribution in [0, 0.1) is 5.82 Å². The number of hydrogen-bond donors (Lipinski definition) is 0. The highest BCUT2D eigenvalue weighted by Gasteiger charge is 2.05. The third-order valence-corrected chi connectivity index (χ3v) is 1.98. The van der Waals surface area contributed by atoms with Crippen LogP contribution in [0.3, 0.4) is 0 Å². The zero-order chi connectivity index (χ0) is 8.48. The van der Waals surface area contributed by atoms with Crippen molar-refractivity contribution in [2.24, 2.45) is 0 Å². The van der Waals surface area contributed by atoms with Gasteiger partial charge in [-0.25, -0.2) is 12.8 Å². The Morgan fingerprint density at radius 3 is 2.18 bits per heavy atom. The van der Waals surface area contributed by atoms with Crippen molar-refractivity contribution in [3.05, 3.63) is 30.1 Å².